The summed E-state index contributed by atoms with van der Waals surface area (Å²) in [5, 5.41) is 6.43. The third kappa shape index (κ3) is 1.83. The number of nitrogens with one attached hydrogen (secondary N) is 2. The Morgan fingerprint density at radius 2 is 1.89 bits per heavy atom. The van der Waals surface area contributed by atoms with E-state index in [4.69, 9.17) is 0 Å². The Morgan fingerprint density at radius 3 is 2.58 bits per heavy atom. The number of carbonyl (C=O) groups excluding carboxylic acids is 2. The highest BCUT2D eigenvalue weighted by Crippen LogP contribution is 2.21. The minimum atomic E-state index is -0.461. The van der Waals surface area contributed by atoms with Crippen molar-refractivity contribution >= 4 is 17.9 Å². The fraction of sp³-hybridized carbons (Fsp3) is 0.727. The summed E-state index contributed by atoms with van der Waals surface area (Å²) in [7, 11) is 3.18. The number of likely N-dealkylation sites (N-methyl/N-ethyl adjacent to an activating group) is 2. The predicted octanol–water partition coefficient (Wildman–Crippen LogP) is -1.93. The molecule has 0 saturated carbocycles. The van der Waals surface area contributed by atoms with Crippen molar-refractivity contribution in [2.45, 2.75) is 12.2 Å². The van der Waals surface area contributed by atoms with E-state index in [0.29, 0.717) is 0 Å². The molecule has 0 radical (unpaired) electrons. The van der Waals surface area contributed by atoms with Crippen LogP contribution in [0, 0.1) is 0 Å². The third-order valence-electron chi connectivity index (χ3n) is 3.84. The van der Waals surface area contributed by atoms with Crippen LogP contribution < -0.4 is 10.6 Å². The quantitative estimate of drug-likeness (QED) is 0.534. The lowest BCUT2D eigenvalue weighted by Crippen LogP contribution is -2.63. The number of guanidine groups is 1. The lowest BCUT2D eigenvalue weighted by molar-refractivity contribution is -0.133. The first-order chi connectivity index (χ1) is 9.09. The maximum atomic E-state index is 12.1. The van der Waals surface area contributed by atoms with Crippen LogP contribution in [0.3, 0.4) is 0 Å². The van der Waals surface area contributed by atoms with Crippen LogP contribution in [0.4, 0.5) is 4.79 Å². The Kier molecular flexibility index (Phi) is 2.81. The molecule has 0 aromatic heterocycles. The minimum Gasteiger partial charge on any atom is -0.341 e. The van der Waals surface area contributed by atoms with Gasteiger partial charge in [-0.25, -0.2) is 9.79 Å². The molecule has 2 unspecified atom stereocenters. The molecule has 8 nitrogen and oxygen atoms in total. The van der Waals surface area contributed by atoms with Gasteiger partial charge in [0.05, 0.1) is 0 Å². The van der Waals surface area contributed by atoms with Crippen molar-refractivity contribution in [3.63, 3.8) is 0 Å². The summed E-state index contributed by atoms with van der Waals surface area (Å²) >= 11 is 0. The van der Waals surface area contributed by atoms with E-state index in [1.165, 1.54) is 11.9 Å². The lowest BCUT2D eigenvalue weighted by Gasteiger charge is -2.36. The normalized spacial score (nSPS) is 31.3. The van der Waals surface area contributed by atoms with Crippen molar-refractivity contribution < 1.29 is 9.59 Å². The first-order valence-electron chi connectivity index (χ1n) is 6.44. The van der Waals surface area contributed by atoms with Gasteiger partial charge in [0.25, 0.3) is 5.91 Å². The molecule has 3 aliphatic heterocycles. The first kappa shape index (κ1) is 12.2. The summed E-state index contributed by atoms with van der Waals surface area (Å²) in [6.45, 7) is 3.51. The number of rotatable bonds is 0. The number of hydrogen-bond donors (Lipinski definition) is 2. The number of aliphatic imine (C=N–C) groups is 1. The molecule has 0 spiro atoms. The summed E-state index contributed by atoms with van der Waals surface area (Å²) in [5.41, 5.74) is 0. The number of nitrogens with zero attached hydrogens (tertiary/aromatic N) is 4. The monoisotopic (exact) mass is 266 g/mol. The van der Waals surface area contributed by atoms with E-state index in [9.17, 15) is 9.59 Å². The molecule has 104 valence electrons. The van der Waals surface area contributed by atoms with Crippen LogP contribution in [0.15, 0.2) is 4.99 Å². The van der Waals surface area contributed by atoms with Crippen LogP contribution in [0.2, 0.25) is 0 Å². The number of carbonyl (C=O) groups is 2. The summed E-state index contributed by atoms with van der Waals surface area (Å²) < 4.78 is 0. The molecule has 3 amide bonds. The number of fused-ring (bicyclic) bond motifs is 1. The molecule has 3 heterocycles. The Morgan fingerprint density at radius 1 is 1.21 bits per heavy atom. The first-order valence-corrected chi connectivity index (χ1v) is 6.44. The van der Waals surface area contributed by atoms with E-state index in [1.807, 2.05) is 0 Å². The highest BCUT2D eigenvalue weighted by Gasteiger charge is 2.47. The van der Waals surface area contributed by atoms with E-state index < -0.39 is 12.2 Å². The maximum Gasteiger partial charge on any atom is 0.328 e. The predicted molar refractivity (Wildman–Crippen MR) is 68.5 cm³/mol. The minimum absolute atomic E-state index is 0.220. The van der Waals surface area contributed by atoms with Crippen LogP contribution in [-0.4, -0.2) is 85.1 Å². The molecule has 19 heavy (non-hydrogen) atoms. The smallest absolute Gasteiger partial charge is 0.328 e. The highest BCUT2D eigenvalue weighted by molar-refractivity contribution is 6.03. The molecule has 0 aromatic carbocycles. The van der Waals surface area contributed by atoms with Gasteiger partial charge in [-0.1, -0.05) is 0 Å². The van der Waals surface area contributed by atoms with Crippen LogP contribution in [0.5, 0.6) is 0 Å². The number of piperazine rings is 1. The van der Waals surface area contributed by atoms with Crippen LogP contribution in [0.1, 0.15) is 0 Å². The molecule has 2 fully saturated rings. The topological polar surface area (TPSA) is 80.3 Å². The van der Waals surface area contributed by atoms with Gasteiger partial charge in [0.2, 0.25) is 0 Å². The second-order valence-corrected chi connectivity index (χ2v) is 5.02. The fourth-order valence-electron chi connectivity index (χ4n) is 2.65. The van der Waals surface area contributed by atoms with E-state index in [1.54, 1.807) is 7.05 Å². The van der Waals surface area contributed by atoms with Gasteiger partial charge in [-0.05, 0) is 0 Å². The van der Waals surface area contributed by atoms with Crippen LogP contribution in [0.25, 0.3) is 0 Å². The Bertz CT molecular complexity index is 444. The van der Waals surface area contributed by atoms with Crippen molar-refractivity contribution in [1.29, 1.82) is 0 Å². The fourth-order valence-corrected chi connectivity index (χ4v) is 2.65. The zero-order valence-electron chi connectivity index (χ0n) is 11.1. The SMILES string of the molecule is CN1C(=O)C2NC(N3CCNCC3)=NC2N(C)C1=O. The molecule has 0 aliphatic carbocycles. The van der Waals surface area contributed by atoms with Gasteiger partial charge in [-0.15, -0.1) is 0 Å². The standard InChI is InChI=1S/C11H18N6O2/c1-15-8-7(9(18)16(2)11(15)19)13-10(14-8)17-5-3-12-4-6-17/h7-8,12H,3-6H2,1-2H3,(H,13,14). The molecule has 0 aromatic rings. The van der Waals surface area contributed by atoms with Gasteiger partial charge in [0, 0.05) is 40.3 Å². The Labute approximate surface area is 111 Å². The van der Waals surface area contributed by atoms with Crippen molar-refractivity contribution in [3.05, 3.63) is 0 Å². The summed E-state index contributed by atoms with van der Waals surface area (Å²) in [4.78, 5) is 33.2. The molecule has 3 aliphatic rings. The van der Waals surface area contributed by atoms with Gasteiger partial charge < -0.3 is 20.4 Å². The van der Waals surface area contributed by atoms with Crippen molar-refractivity contribution in [2.75, 3.05) is 40.3 Å². The largest absolute Gasteiger partial charge is 0.341 e. The van der Waals surface area contributed by atoms with Gasteiger partial charge in [-0.2, -0.15) is 0 Å². The molecular weight excluding hydrogens is 248 g/mol. The number of urea groups is 1. The third-order valence-corrected chi connectivity index (χ3v) is 3.84. The zero-order valence-corrected chi connectivity index (χ0v) is 11.1. The van der Waals surface area contributed by atoms with Gasteiger partial charge in [0.1, 0.15) is 6.04 Å². The van der Waals surface area contributed by atoms with Gasteiger partial charge >= 0.3 is 6.03 Å². The van der Waals surface area contributed by atoms with Crippen molar-refractivity contribution in [1.82, 2.24) is 25.3 Å². The number of imide groups is 1. The van der Waals surface area contributed by atoms with E-state index >= 15 is 0 Å². The summed E-state index contributed by atoms with van der Waals surface area (Å²) in [6.07, 6.45) is -0.430. The van der Waals surface area contributed by atoms with Gasteiger partial charge in [-0.3, -0.25) is 9.69 Å². The molecule has 8 heteroatoms. The van der Waals surface area contributed by atoms with Crippen molar-refractivity contribution in [3.8, 4) is 0 Å². The molecule has 2 saturated heterocycles. The highest BCUT2D eigenvalue weighted by atomic mass is 16.2. The summed E-state index contributed by atoms with van der Waals surface area (Å²) in [5.74, 6) is 0.502. The molecule has 2 atom stereocenters. The second-order valence-electron chi connectivity index (χ2n) is 5.02. The molecular formula is C11H18N6O2. The maximum absolute atomic E-state index is 12.1. The molecule has 0 bridgehead atoms. The molecule has 3 rings (SSSR count). The van der Waals surface area contributed by atoms with Crippen LogP contribution >= 0.6 is 0 Å². The Hall–Kier alpha value is -1.83. The van der Waals surface area contributed by atoms with Crippen molar-refractivity contribution in [2.24, 2.45) is 4.99 Å². The lowest BCUT2D eigenvalue weighted by atomic mass is 10.1. The number of amides is 3. The molecule has 2 N–H and O–H groups in total. The number of hydrogen-bond acceptors (Lipinski definition) is 6. The second kappa shape index (κ2) is 4.37. The average Bonchev–Trinajstić information content (AvgIpc) is 2.89. The van der Waals surface area contributed by atoms with E-state index in [2.05, 4.69) is 20.5 Å². The Balaban J connectivity index is 1.81. The summed E-state index contributed by atoms with van der Waals surface area (Å²) in [6, 6.07) is -0.768. The van der Waals surface area contributed by atoms with E-state index in [0.717, 1.165) is 37.0 Å². The van der Waals surface area contributed by atoms with Crippen LogP contribution in [-0.2, 0) is 4.79 Å². The zero-order chi connectivity index (χ0) is 13.6. The van der Waals surface area contributed by atoms with Gasteiger partial charge in [0.15, 0.2) is 12.1 Å². The van der Waals surface area contributed by atoms with E-state index in [-0.39, 0.29) is 11.9 Å². The average molecular weight is 266 g/mol.